The average Bonchev–Trinajstić information content (AvgIpc) is 2.61. The van der Waals surface area contributed by atoms with Gasteiger partial charge in [0.1, 0.15) is 0 Å². The molecule has 0 heterocycles. The molecule has 2 rings (SSSR count). The zero-order valence-electron chi connectivity index (χ0n) is 16.2. The molecule has 1 nitrogen and oxygen atoms in total. The van der Waals surface area contributed by atoms with Crippen LogP contribution in [0.15, 0.2) is 12.7 Å². The van der Waals surface area contributed by atoms with Crippen molar-refractivity contribution < 1.29 is 13.5 Å². The SMILES string of the molecule is C=CCCC1CCC(CC(F)(F)OCC2CCC(CCC)CC2)CC1. The first-order valence-electron chi connectivity index (χ1n) is 10.6. The Morgan fingerprint density at radius 1 is 0.880 bits per heavy atom. The van der Waals surface area contributed by atoms with Crippen LogP contribution in [0.5, 0.6) is 0 Å². The van der Waals surface area contributed by atoms with Crippen molar-refractivity contribution in [3.63, 3.8) is 0 Å². The van der Waals surface area contributed by atoms with Crippen LogP contribution < -0.4 is 0 Å². The summed E-state index contributed by atoms with van der Waals surface area (Å²) in [4.78, 5) is 0. The van der Waals surface area contributed by atoms with Gasteiger partial charge in [-0.05, 0) is 62.2 Å². The summed E-state index contributed by atoms with van der Waals surface area (Å²) in [6.07, 6.45) is 12.3. The van der Waals surface area contributed by atoms with Gasteiger partial charge in [0.05, 0.1) is 6.61 Å². The first-order chi connectivity index (χ1) is 12.0. The second kappa shape index (κ2) is 10.6. The Hall–Kier alpha value is -0.440. The number of hydrogen-bond donors (Lipinski definition) is 0. The van der Waals surface area contributed by atoms with Gasteiger partial charge in [0, 0.05) is 6.42 Å². The van der Waals surface area contributed by atoms with Crippen molar-refractivity contribution in [1.82, 2.24) is 0 Å². The predicted molar refractivity (Wildman–Crippen MR) is 101 cm³/mol. The standard InChI is InChI=1S/C22H38F2O/c1-3-5-7-19-8-12-20(13-9-19)16-22(23,24)25-17-21-14-10-18(6-4-2)11-15-21/h3,18-21H,1,4-17H2,2H3. The third-order valence-corrected chi connectivity index (χ3v) is 6.47. The third-order valence-electron chi connectivity index (χ3n) is 6.47. The molecule has 0 aliphatic heterocycles. The van der Waals surface area contributed by atoms with Gasteiger partial charge in [-0.25, -0.2) is 0 Å². The molecule has 146 valence electrons. The molecule has 2 fully saturated rings. The van der Waals surface area contributed by atoms with Crippen LogP contribution in [0, 0.1) is 23.7 Å². The molecular formula is C22H38F2O. The monoisotopic (exact) mass is 356 g/mol. The van der Waals surface area contributed by atoms with E-state index in [1.165, 1.54) is 32.1 Å². The van der Waals surface area contributed by atoms with Crippen molar-refractivity contribution in [3.05, 3.63) is 12.7 Å². The topological polar surface area (TPSA) is 9.23 Å². The van der Waals surface area contributed by atoms with E-state index in [0.717, 1.165) is 50.9 Å². The molecule has 2 saturated carbocycles. The first-order valence-corrected chi connectivity index (χ1v) is 10.6. The van der Waals surface area contributed by atoms with Crippen LogP contribution in [0.4, 0.5) is 8.78 Å². The van der Waals surface area contributed by atoms with Crippen molar-refractivity contribution in [1.29, 1.82) is 0 Å². The summed E-state index contributed by atoms with van der Waals surface area (Å²) in [6, 6.07) is 0. The van der Waals surface area contributed by atoms with Gasteiger partial charge in [0.2, 0.25) is 0 Å². The van der Waals surface area contributed by atoms with E-state index in [9.17, 15) is 8.78 Å². The van der Waals surface area contributed by atoms with Crippen LogP contribution >= 0.6 is 0 Å². The van der Waals surface area contributed by atoms with Gasteiger partial charge >= 0.3 is 6.11 Å². The molecule has 0 amide bonds. The summed E-state index contributed by atoms with van der Waals surface area (Å²) < 4.78 is 33.6. The largest absolute Gasteiger partial charge is 0.356 e. The van der Waals surface area contributed by atoms with Crippen molar-refractivity contribution >= 4 is 0 Å². The van der Waals surface area contributed by atoms with Crippen LogP contribution in [0.3, 0.4) is 0 Å². The highest BCUT2D eigenvalue weighted by Gasteiger charge is 2.36. The van der Waals surface area contributed by atoms with Gasteiger partial charge < -0.3 is 4.74 Å². The maximum Gasteiger partial charge on any atom is 0.356 e. The van der Waals surface area contributed by atoms with Crippen LogP contribution in [0.25, 0.3) is 0 Å². The Kier molecular flexibility index (Phi) is 8.89. The van der Waals surface area contributed by atoms with E-state index in [4.69, 9.17) is 4.74 Å². The highest BCUT2D eigenvalue weighted by molar-refractivity contribution is 4.78. The quantitative estimate of drug-likeness (QED) is 0.371. The zero-order valence-corrected chi connectivity index (χ0v) is 16.2. The fourth-order valence-electron chi connectivity index (χ4n) is 4.81. The smallest absolute Gasteiger partial charge is 0.320 e. The lowest BCUT2D eigenvalue weighted by Gasteiger charge is -2.32. The maximum absolute atomic E-state index is 14.2. The number of rotatable bonds is 10. The molecule has 0 atom stereocenters. The lowest BCUT2D eigenvalue weighted by atomic mass is 9.78. The normalized spacial score (nSPS) is 31.0. The fourth-order valence-corrected chi connectivity index (χ4v) is 4.81. The predicted octanol–water partition coefficient (Wildman–Crippen LogP) is 7.37. The van der Waals surface area contributed by atoms with Crippen LogP contribution in [-0.4, -0.2) is 12.7 Å². The first kappa shape index (κ1) is 20.9. The summed E-state index contributed by atoms with van der Waals surface area (Å²) >= 11 is 0. The van der Waals surface area contributed by atoms with Gasteiger partial charge in [-0.3, -0.25) is 0 Å². The molecule has 2 aliphatic carbocycles. The highest BCUT2D eigenvalue weighted by atomic mass is 19.3. The lowest BCUT2D eigenvalue weighted by Crippen LogP contribution is -2.30. The second-order valence-corrected chi connectivity index (χ2v) is 8.58. The average molecular weight is 357 g/mol. The van der Waals surface area contributed by atoms with Gasteiger partial charge in [-0.15, -0.1) is 6.58 Å². The Labute approximate surface area is 153 Å². The number of ether oxygens (including phenoxy) is 1. The van der Waals surface area contributed by atoms with E-state index >= 15 is 0 Å². The number of hydrogen-bond acceptors (Lipinski definition) is 1. The van der Waals surface area contributed by atoms with Gasteiger partial charge in [-0.1, -0.05) is 51.5 Å². The van der Waals surface area contributed by atoms with Crippen LogP contribution in [-0.2, 0) is 4.74 Å². The van der Waals surface area contributed by atoms with Crippen LogP contribution in [0.2, 0.25) is 0 Å². The second-order valence-electron chi connectivity index (χ2n) is 8.58. The Morgan fingerprint density at radius 2 is 1.40 bits per heavy atom. The van der Waals surface area contributed by atoms with E-state index in [0.29, 0.717) is 11.8 Å². The summed E-state index contributed by atoms with van der Waals surface area (Å²) in [5.74, 6) is 2.00. The molecule has 0 N–H and O–H groups in total. The van der Waals surface area contributed by atoms with Gasteiger partial charge in [0.15, 0.2) is 0 Å². The molecule has 3 heteroatoms. The van der Waals surface area contributed by atoms with Crippen molar-refractivity contribution in [3.8, 4) is 0 Å². The summed E-state index contributed by atoms with van der Waals surface area (Å²) in [6.45, 7) is 6.24. The molecule has 25 heavy (non-hydrogen) atoms. The summed E-state index contributed by atoms with van der Waals surface area (Å²) in [5, 5.41) is 0. The van der Waals surface area contributed by atoms with Crippen molar-refractivity contribution in [2.75, 3.05) is 6.61 Å². The van der Waals surface area contributed by atoms with E-state index in [2.05, 4.69) is 13.5 Å². The third kappa shape index (κ3) is 7.76. The van der Waals surface area contributed by atoms with Crippen LogP contribution in [0.1, 0.15) is 90.4 Å². The zero-order chi connectivity index (χ0) is 18.1. The minimum Gasteiger partial charge on any atom is -0.320 e. The summed E-state index contributed by atoms with van der Waals surface area (Å²) in [7, 11) is 0. The maximum atomic E-state index is 14.2. The Bertz CT molecular complexity index is 366. The lowest BCUT2D eigenvalue weighted by molar-refractivity contribution is -0.256. The number of alkyl halides is 2. The number of allylic oxidation sites excluding steroid dienone is 1. The molecule has 2 aliphatic rings. The molecule has 0 aromatic carbocycles. The molecule has 0 unspecified atom stereocenters. The van der Waals surface area contributed by atoms with Gasteiger partial charge in [-0.2, -0.15) is 8.78 Å². The van der Waals surface area contributed by atoms with E-state index in [-0.39, 0.29) is 18.9 Å². The molecule has 0 bridgehead atoms. The molecule has 0 saturated heterocycles. The summed E-state index contributed by atoms with van der Waals surface area (Å²) in [5.41, 5.74) is 0. The Balaban J connectivity index is 1.62. The molecular weight excluding hydrogens is 318 g/mol. The van der Waals surface area contributed by atoms with E-state index < -0.39 is 6.11 Å². The molecule has 0 radical (unpaired) electrons. The molecule has 0 aromatic heterocycles. The fraction of sp³-hybridized carbons (Fsp3) is 0.909. The van der Waals surface area contributed by atoms with Gasteiger partial charge in [0.25, 0.3) is 0 Å². The number of halogens is 2. The van der Waals surface area contributed by atoms with E-state index in [1.54, 1.807) is 0 Å². The molecule has 0 spiro atoms. The highest BCUT2D eigenvalue weighted by Crippen LogP contribution is 2.39. The minimum atomic E-state index is -2.93. The van der Waals surface area contributed by atoms with Crippen molar-refractivity contribution in [2.24, 2.45) is 23.7 Å². The molecule has 0 aromatic rings. The van der Waals surface area contributed by atoms with Crippen molar-refractivity contribution in [2.45, 2.75) is 96.5 Å². The minimum absolute atomic E-state index is 0.0770. The van der Waals surface area contributed by atoms with E-state index in [1.807, 2.05) is 6.08 Å². The Morgan fingerprint density at radius 3 is 1.96 bits per heavy atom.